The van der Waals surface area contributed by atoms with Gasteiger partial charge in [0.25, 0.3) is 0 Å². The van der Waals surface area contributed by atoms with Crippen LogP contribution in [0.5, 0.6) is 0 Å². The van der Waals surface area contributed by atoms with Crippen LogP contribution in [-0.4, -0.2) is 63.2 Å². The van der Waals surface area contributed by atoms with Gasteiger partial charge in [-0.3, -0.25) is 4.79 Å². The van der Waals surface area contributed by atoms with Crippen LogP contribution in [0.2, 0.25) is 0 Å². The number of ether oxygens (including phenoxy) is 1. The summed E-state index contributed by atoms with van der Waals surface area (Å²) in [5.74, 6) is 0.0428. The Balaban J connectivity index is 3.37. The molecule has 13 heavy (non-hydrogen) atoms. The molecule has 0 aliphatic carbocycles. The molecule has 0 aromatic heterocycles. The van der Waals surface area contributed by atoms with Gasteiger partial charge in [-0.25, -0.2) is 0 Å². The van der Waals surface area contributed by atoms with Crippen molar-refractivity contribution in [1.82, 2.24) is 9.80 Å². The molecule has 0 bridgehead atoms. The second-order valence-electron chi connectivity index (χ2n) is 3.26. The lowest BCUT2D eigenvalue weighted by Gasteiger charge is -2.15. The first-order valence-corrected chi connectivity index (χ1v) is 4.54. The summed E-state index contributed by atoms with van der Waals surface area (Å²) in [5.41, 5.74) is 0. The summed E-state index contributed by atoms with van der Waals surface area (Å²) in [6.45, 7) is 4.32. The highest BCUT2D eigenvalue weighted by Gasteiger charge is 2.05. The number of carbonyl (C=O) groups excluding carboxylic acids is 1. The van der Waals surface area contributed by atoms with E-state index in [0.29, 0.717) is 6.61 Å². The zero-order chi connectivity index (χ0) is 10.3. The molecule has 4 nitrogen and oxygen atoms in total. The smallest absolute Gasteiger partial charge is 0.248 e. The second kappa shape index (κ2) is 6.86. The Morgan fingerprint density at radius 3 is 2.38 bits per heavy atom. The van der Waals surface area contributed by atoms with Gasteiger partial charge < -0.3 is 14.5 Å². The van der Waals surface area contributed by atoms with Crippen molar-refractivity contribution in [3.8, 4) is 0 Å². The Morgan fingerprint density at radius 1 is 1.31 bits per heavy atom. The Hall–Kier alpha value is -0.610. The predicted octanol–water partition coefficient (Wildman–Crippen LogP) is 0.0429. The molecule has 0 spiro atoms. The molecule has 78 valence electrons. The van der Waals surface area contributed by atoms with Crippen LogP contribution in [0.15, 0.2) is 0 Å². The van der Waals surface area contributed by atoms with Crippen LogP contribution in [0.1, 0.15) is 6.92 Å². The molecule has 0 fully saturated rings. The number of rotatable bonds is 6. The van der Waals surface area contributed by atoms with Crippen molar-refractivity contribution in [3.63, 3.8) is 0 Å². The highest BCUT2D eigenvalue weighted by Crippen LogP contribution is 1.86. The Bertz CT molecular complexity index is 149. The Labute approximate surface area is 80.5 Å². The van der Waals surface area contributed by atoms with E-state index in [4.69, 9.17) is 4.74 Å². The normalized spacial score (nSPS) is 10.5. The fourth-order valence-corrected chi connectivity index (χ4v) is 0.693. The molecular formula is C9H20N2O2. The highest BCUT2D eigenvalue weighted by molar-refractivity contribution is 5.77. The quantitative estimate of drug-likeness (QED) is 0.552. The molecule has 4 heteroatoms. The molecule has 0 N–H and O–H groups in total. The number of nitrogens with zero attached hydrogens (tertiary/aromatic N) is 2. The van der Waals surface area contributed by atoms with Gasteiger partial charge in [0.1, 0.15) is 6.61 Å². The molecule has 0 atom stereocenters. The first kappa shape index (κ1) is 12.4. The largest absolute Gasteiger partial charge is 0.370 e. The van der Waals surface area contributed by atoms with Crippen LogP contribution in [0.4, 0.5) is 0 Å². The van der Waals surface area contributed by atoms with Crippen molar-refractivity contribution in [3.05, 3.63) is 0 Å². The number of hydrogen-bond acceptors (Lipinski definition) is 3. The van der Waals surface area contributed by atoms with E-state index in [2.05, 4.69) is 0 Å². The van der Waals surface area contributed by atoms with E-state index in [-0.39, 0.29) is 12.5 Å². The maximum Gasteiger partial charge on any atom is 0.248 e. The molecule has 0 saturated carbocycles. The van der Waals surface area contributed by atoms with Crippen molar-refractivity contribution >= 4 is 5.91 Å². The van der Waals surface area contributed by atoms with Gasteiger partial charge in [-0.2, -0.15) is 0 Å². The van der Waals surface area contributed by atoms with Gasteiger partial charge in [0.15, 0.2) is 0 Å². The first-order valence-electron chi connectivity index (χ1n) is 4.54. The standard InChI is InChI=1S/C9H20N2O2/c1-5-11(4)9(12)8-13-7-6-10(2)3/h5-8H2,1-4H3. The van der Waals surface area contributed by atoms with Crippen LogP contribution >= 0.6 is 0 Å². The molecule has 0 aromatic rings. The Kier molecular flexibility index (Phi) is 6.54. The van der Waals surface area contributed by atoms with Crippen LogP contribution in [0.3, 0.4) is 0 Å². The van der Waals surface area contributed by atoms with E-state index < -0.39 is 0 Å². The molecule has 1 amide bonds. The van der Waals surface area contributed by atoms with Crippen molar-refractivity contribution in [2.24, 2.45) is 0 Å². The van der Waals surface area contributed by atoms with E-state index in [1.165, 1.54) is 0 Å². The van der Waals surface area contributed by atoms with Crippen LogP contribution in [0, 0.1) is 0 Å². The molecule has 0 radical (unpaired) electrons. The van der Waals surface area contributed by atoms with E-state index in [0.717, 1.165) is 13.1 Å². The lowest BCUT2D eigenvalue weighted by molar-refractivity contribution is -0.134. The summed E-state index contributed by atoms with van der Waals surface area (Å²) in [6, 6.07) is 0. The van der Waals surface area contributed by atoms with Crippen LogP contribution in [-0.2, 0) is 9.53 Å². The fourth-order valence-electron chi connectivity index (χ4n) is 0.693. The Morgan fingerprint density at radius 2 is 1.92 bits per heavy atom. The molecule has 0 aliphatic rings. The molecule has 0 aromatic carbocycles. The average molecular weight is 188 g/mol. The first-order chi connectivity index (χ1) is 6.07. The van der Waals surface area contributed by atoms with E-state index in [1.54, 1.807) is 11.9 Å². The van der Waals surface area contributed by atoms with Gasteiger partial charge in [0.2, 0.25) is 5.91 Å². The molecule has 0 unspecified atom stereocenters. The molecule has 0 heterocycles. The van der Waals surface area contributed by atoms with Gasteiger partial charge in [0.05, 0.1) is 6.61 Å². The van der Waals surface area contributed by atoms with Gasteiger partial charge in [0, 0.05) is 20.1 Å². The summed E-state index contributed by atoms with van der Waals surface area (Å²) in [5, 5.41) is 0. The maximum absolute atomic E-state index is 11.2. The molecule has 0 aliphatic heterocycles. The lowest BCUT2D eigenvalue weighted by Crippen LogP contribution is -2.31. The van der Waals surface area contributed by atoms with Crippen molar-refractivity contribution in [1.29, 1.82) is 0 Å². The minimum atomic E-state index is 0.0428. The van der Waals surface area contributed by atoms with Crippen LogP contribution in [0.25, 0.3) is 0 Å². The summed E-state index contributed by atoms with van der Waals surface area (Å²) in [4.78, 5) is 14.9. The molecule has 0 saturated heterocycles. The van der Waals surface area contributed by atoms with Gasteiger partial charge >= 0.3 is 0 Å². The number of likely N-dealkylation sites (N-methyl/N-ethyl adjacent to an activating group) is 2. The number of amides is 1. The van der Waals surface area contributed by atoms with Crippen LogP contribution < -0.4 is 0 Å². The third kappa shape index (κ3) is 6.54. The number of hydrogen-bond donors (Lipinski definition) is 0. The number of carbonyl (C=O) groups is 1. The third-order valence-corrected chi connectivity index (χ3v) is 1.81. The highest BCUT2D eigenvalue weighted by atomic mass is 16.5. The zero-order valence-electron chi connectivity index (χ0n) is 9.04. The maximum atomic E-state index is 11.2. The SMILES string of the molecule is CCN(C)C(=O)COCCN(C)C. The fraction of sp³-hybridized carbons (Fsp3) is 0.889. The van der Waals surface area contributed by atoms with Crippen molar-refractivity contribution in [2.75, 3.05) is 47.4 Å². The molecular weight excluding hydrogens is 168 g/mol. The van der Waals surface area contributed by atoms with E-state index in [1.807, 2.05) is 25.9 Å². The predicted molar refractivity (Wildman–Crippen MR) is 52.7 cm³/mol. The third-order valence-electron chi connectivity index (χ3n) is 1.81. The summed E-state index contributed by atoms with van der Waals surface area (Å²) < 4.78 is 5.20. The lowest BCUT2D eigenvalue weighted by atomic mass is 10.5. The second-order valence-corrected chi connectivity index (χ2v) is 3.26. The van der Waals surface area contributed by atoms with E-state index in [9.17, 15) is 4.79 Å². The van der Waals surface area contributed by atoms with Gasteiger partial charge in [-0.15, -0.1) is 0 Å². The minimum absolute atomic E-state index is 0.0428. The van der Waals surface area contributed by atoms with E-state index >= 15 is 0 Å². The van der Waals surface area contributed by atoms with Gasteiger partial charge in [-0.05, 0) is 21.0 Å². The van der Waals surface area contributed by atoms with Crippen molar-refractivity contribution < 1.29 is 9.53 Å². The van der Waals surface area contributed by atoms with Gasteiger partial charge in [-0.1, -0.05) is 0 Å². The molecule has 0 rings (SSSR count). The summed E-state index contributed by atoms with van der Waals surface area (Å²) in [6.07, 6.45) is 0. The minimum Gasteiger partial charge on any atom is -0.370 e. The zero-order valence-corrected chi connectivity index (χ0v) is 9.04. The average Bonchev–Trinajstić information content (AvgIpc) is 2.10. The summed E-state index contributed by atoms with van der Waals surface area (Å²) in [7, 11) is 5.73. The topological polar surface area (TPSA) is 32.8 Å². The van der Waals surface area contributed by atoms with Crippen molar-refractivity contribution in [2.45, 2.75) is 6.92 Å². The summed E-state index contributed by atoms with van der Waals surface area (Å²) >= 11 is 0. The monoisotopic (exact) mass is 188 g/mol.